The van der Waals surface area contributed by atoms with Gasteiger partial charge >= 0.3 is 0 Å². The van der Waals surface area contributed by atoms with E-state index >= 15 is 0 Å². The summed E-state index contributed by atoms with van der Waals surface area (Å²) >= 11 is 12.8. The molecule has 0 bridgehead atoms. The molecule has 1 N–H and O–H groups in total. The molecule has 0 aromatic heterocycles. The van der Waals surface area contributed by atoms with E-state index in [9.17, 15) is 18.0 Å². The van der Waals surface area contributed by atoms with Crippen LogP contribution in [-0.4, -0.2) is 44.3 Å². The van der Waals surface area contributed by atoms with Crippen molar-refractivity contribution in [2.24, 2.45) is 0 Å². The van der Waals surface area contributed by atoms with E-state index in [1.54, 1.807) is 56.3 Å². The third kappa shape index (κ3) is 7.36. The van der Waals surface area contributed by atoms with Gasteiger partial charge in [0.15, 0.2) is 0 Å². The second kappa shape index (κ2) is 13.5. The van der Waals surface area contributed by atoms with Gasteiger partial charge in [-0.05, 0) is 70.0 Å². The number of rotatable bonds is 11. The summed E-state index contributed by atoms with van der Waals surface area (Å²) in [6, 6.07) is 15.9. The van der Waals surface area contributed by atoms with E-state index < -0.39 is 28.5 Å². The number of halogens is 2. The van der Waals surface area contributed by atoms with Gasteiger partial charge in [0.05, 0.1) is 10.6 Å². The zero-order valence-corrected chi connectivity index (χ0v) is 25.7. The first-order valence-corrected chi connectivity index (χ1v) is 15.2. The van der Waals surface area contributed by atoms with Crippen LogP contribution in [0.3, 0.4) is 0 Å². The Kier molecular flexibility index (Phi) is 10.6. The molecule has 3 rings (SSSR count). The summed E-state index contributed by atoms with van der Waals surface area (Å²) in [4.78, 5) is 28.4. The third-order valence-corrected chi connectivity index (χ3v) is 9.10. The van der Waals surface area contributed by atoms with Crippen LogP contribution in [-0.2, 0) is 26.2 Å². The second-order valence-corrected chi connectivity index (χ2v) is 12.5. The molecule has 0 saturated heterocycles. The molecular formula is C30H35Cl2N3O4S. The van der Waals surface area contributed by atoms with Crippen molar-refractivity contribution in [3.63, 3.8) is 0 Å². The predicted molar refractivity (Wildman–Crippen MR) is 161 cm³/mol. The quantitative estimate of drug-likeness (QED) is 0.289. The Labute approximate surface area is 247 Å². The Morgan fingerprint density at radius 3 is 2.10 bits per heavy atom. The van der Waals surface area contributed by atoms with E-state index in [-0.39, 0.29) is 17.3 Å². The van der Waals surface area contributed by atoms with Crippen molar-refractivity contribution in [1.82, 2.24) is 10.2 Å². The van der Waals surface area contributed by atoms with Crippen LogP contribution in [0.15, 0.2) is 65.6 Å². The highest BCUT2D eigenvalue weighted by atomic mass is 35.5. The normalized spacial score (nSPS) is 12.1. The fourth-order valence-corrected chi connectivity index (χ4v) is 6.26. The number of benzene rings is 3. The molecule has 0 aliphatic rings. The van der Waals surface area contributed by atoms with E-state index in [0.29, 0.717) is 33.4 Å². The number of carbonyl (C=O) groups excluding carboxylic acids is 2. The lowest BCUT2D eigenvalue weighted by Gasteiger charge is -2.33. The van der Waals surface area contributed by atoms with Crippen LogP contribution in [0.2, 0.25) is 10.0 Å². The first kappa shape index (κ1) is 31.5. The smallest absolute Gasteiger partial charge is 0.264 e. The molecule has 0 aliphatic heterocycles. The van der Waals surface area contributed by atoms with E-state index in [1.165, 1.54) is 17.0 Å². The highest BCUT2D eigenvalue weighted by Crippen LogP contribution is 2.30. The molecule has 0 radical (unpaired) electrons. The molecule has 0 saturated carbocycles. The van der Waals surface area contributed by atoms with E-state index in [2.05, 4.69) is 5.32 Å². The SMILES string of the molecule is CCCNC(=O)[C@H](C)N(Cc1c(Cl)cccc1Cl)C(=O)CN(c1ccc(C)cc1C)S(=O)(=O)c1ccc(C)cc1. The van der Waals surface area contributed by atoms with Gasteiger partial charge in [0.25, 0.3) is 10.0 Å². The first-order chi connectivity index (χ1) is 18.9. The van der Waals surface area contributed by atoms with Gasteiger partial charge in [-0.3, -0.25) is 13.9 Å². The number of aryl methyl sites for hydroxylation is 3. The molecule has 7 nitrogen and oxygen atoms in total. The maximum Gasteiger partial charge on any atom is 0.264 e. The van der Waals surface area contributed by atoms with Gasteiger partial charge in [0, 0.05) is 28.7 Å². The average Bonchev–Trinajstić information content (AvgIpc) is 2.90. The van der Waals surface area contributed by atoms with E-state index in [1.807, 2.05) is 26.8 Å². The molecule has 3 aromatic carbocycles. The van der Waals surface area contributed by atoms with Crippen LogP contribution < -0.4 is 9.62 Å². The van der Waals surface area contributed by atoms with Crippen molar-refractivity contribution in [2.45, 2.75) is 58.5 Å². The zero-order chi connectivity index (χ0) is 29.6. The summed E-state index contributed by atoms with van der Waals surface area (Å²) in [7, 11) is -4.15. The van der Waals surface area contributed by atoms with Crippen LogP contribution >= 0.6 is 23.2 Å². The minimum absolute atomic E-state index is 0.0558. The van der Waals surface area contributed by atoms with Crippen molar-refractivity contribution in [3.8, 4) is 0 Å². The lowest BCUT2D eigenvalue weighted by atomic mass is 10.1. The van der Waals surface area contributed by atoms with E-state index in [0.717, 1.165) is 21.9 Å². The van der Waals surface area contributed by atoms with Crippen LogP contribution in [0, 0.1) is 20.8 Å². The second-order valence-electron chi connectivity index (χ2n) is 9.80. The lowest BCUT2D eigenvalue weighted by Crippen LogP contribution is -2.51. The molecule has 3 aromatic rings. The molecule has 0 fully saturated rings. The molecule has 1 atom stereocenters. The van der Waals surface area contributed by atoms with Gasteiger partial charge in [-0.25, -0.2) is 8.42 Å². The maximum absolute atomic E-state index is 14.0. The monoisotopic (exact) mass is 603 g/mol. The lowest BCUT2D eigenvalue weighted by molar-refractivity contribution is -0.139. The number of carbonyl (C=O) groups is 2. The predicted octanol–water partition coefficient (Wildman–Crippen LogP) is 6.06. The number of hydrogen-bond acceptors (Lipinski definition) is 4. The molecule has 40 heavy (non-hydrogen) atoms. The van der Waals surface area contributed by atoms with Crippen LogP contribution in [0.5, 0.6) is 0 Å². The molecule has 10 heteroatoms. The summed E-state index contributed by atoms with van der Waals surface area (Å²) in [6.07, 6.45) is 0.720. The third-order valence-electron chi connectivity index (χ3n) is 6.62. The Morgan fingerprint density at radius 1 is 0.925 bits per heavy atom. The summed E-state index contributed by atoms with van der Waals surface area (Å²) in [6.45, 7) is 8.92. The Bertz CT molecular complexity index is 1460. The zero-order valence-electron chi connectivity index (χ0n) is 23.4. The van der Waals surface area contributed by atoms with Gasteiger partial charge in [0.1, 0.15) is 12.6 Å². The van der Waals surface area contributed by atoms with E-state index in [4.69, 9.17) is 23.2 Å². The molecule has 0 heterocycles. The van der Waals surface area contributed by atoms with Crippen molar-refractivity contribution < 1.29 is 18.0 Å². The summed E-state index contributed by atoms with van der Waals surface area (Å²) < 4.78 is 29.1. The highest BCUT2D eigenvalue weighted by molar-refractivity contribution is 7.92. The minimum Gasteiger partial charge on any atom is -0.354 e. The molecule has 2 amide bonds. The topological polar surface area (TPSA) is 86.8 Å². The summed E-state index contributed by atoms with van der Waals surface area (Å²) in [5.74, 6) is -0.941. The Hall–Kier alpha value is -3.07. The van der Waals surface area contributed by atoms with Crippen LogP contribution in [0.25, 0.3) is 0 Å². The number of nitrogens with one attached hydrogen (secondary N) is 1. The number of hydrogen-bond donors (Lipinski definition) is 1. The Morgan fingerprint density at radius 2 is 1.52 bits per heavy atom. The molecule has 0 spiro atoms. The number of sulfonamides is 1. The number of nitrogens with zero attached hydrogens (tertiary/aromatic N) is 2. The van der Waals surface area contributed by atoms with Crippen molar-refractivity contribution in [1.29, 1.82) is 0 Å². The maximum atomic E-state index is 14.0. The summed E-state index contributed by atoms with van der Waals surface area (Å²) in [5, 5.41) is 3.49. The van der Waals surface area contributed by atoms with Crippen molar-refractivity contribution in [3.05, 3.63) is 93.0 Å². The van der Waals surface area contributed by atoms with Gasteiger partial charge in [-0.15, -0.1) is 0 Å². The van der Waals surface area contributed by atoms with Crippen LogP contribution in [0.1, 0.15) is 42.5 Å². The number of amides is 2. The van der Waals surface area contributed by atoms with Crippen molar-refractivity contribution >= 4 is 50.7 Å². The largest absolute Gasteiger partial charge is 0.354 e. The first-order valence-electron chi connectivity index (χ1n) is 13.0. The molecule has 0 aliphatic carbocycles. The van der Waals surface area contributed by atoms with Crippen molar-refractivity contribution in [2.75, 3.05) is 17.4 Å². The minimum atomic E-state index is -4.15. The number of anilines is 1. The molecule has 214 valence electrons. The van der Waals surface area contributed by atoms with Gasteiger partial charge in [-0.1, -0.05) is 71.6 Å². The van der Waals surface area contributed by atoms with Gasteiger partial charge < -0.3 is 10.2 Å². The highest BCUT2D eigenvalue weighted by Gasteiger charge is 2.33. The summed E-state index contributed by atoms with van der Waals surface area (Å²) in [5.41, 5.74) is 3.39. The standard InChI is InChI=1S/C30H35Cl2N3O4S/c1-6-16-33-30(37)23(5)34(18-25-26(31)8-7-9-27(25)32)29(36)19-35(28-15-12-21(3)17-22(28)4)40(38,39)24-13-10-20(2)11-14-24/h7-15,17,23H,6,16,18-19H2,1-5H3,(H,33,37)/t23-/m0/s1. The molecular weight excluding hydrogens is 569 g/mol. The fraction of sp³-hybridized carbons (Fsp3) is 0.333. The fourth-order valence-electron chi connectivity index (χ4n) is 4.27. The van der Waals surface area contributed by atoms with Crippen LogP contribution in [0.4, 0.5) is 5.69 Å². The van der Waals surface area contributed by atoms with Gasteiger partial charge in [0.2, 0.25) is 11.8 Å². The Balaban J connectivity index is 2.09. The average molecular weight is 605 g/mol. The van der Waals surface area contributed by atoms with Gasteiger partial charge in [-0.2, -0.15) is 0 Å². The molecule has 0 unspecified atom stereocenters.